The molecule has 2 nitrogen and oxygen atoms in total. The maximum absolute atomic E-state index is 6.63. The second-order valence-corrected chi connectivity index (χ2v) is 7.21. The number of nitrogens with zero attached hydrogens (tertiary/aromatic N) is 1. The van der Waals surface area contributed by atoms with E-state index in [4.69, 9.17) is 16.1 Å². The summed E-state index contributed by atoms with van der Waals surface area (Å²) < 4.78 is 6.25. The molecule has 0 aliphatic heterocycles. The van der Waals surface area contributed by atoms with E-state index in [0.29, 0.717) is 18.5 Å². The van der Waals surface area contributed by atoms with E-state index in [1.165, 1.54) is 0 Å². The van der Waals surface area contributed by atoms with Gasteiger partial charge in [0.2, 0.25) is 0 Å². The molecule has 0 fully saturated rings. The Kier molecular flexibility index (Phi) is 8.26. The van der Waals surface area contributed by atoms with Gasteiger partial charge >= 0.3 is 6.47 Å². The van der Waals surface area contributed by atoms with Crippen LogP contribution in [0.3, 0.4) is 0 Å². The maximum Gasteiger partial charge on any atom is 0.494 e. The summed E-state index contributed by atoms with van der Waals surface area (Å²) in [6, 6.07) is 20.7. The van der Waals surface area contributed by atoms with Crippen LogP contribution in [0.15, 0.2) is 60.7 Å². The lowest BCUT2D eigenvalue weighted by Crippen LogP contribution is -2.47. The molecule has 1 atom stereocenters. The highest BCUT2D eigenvalue weighted by Crippen LogP contribution is 2.25. The van der Waals surface area contributed by atoms with Crippen molar-refractivity contribution in [3.05, 3.63) is 71.8 Å². The molecule has 2 aromatic rings. The van der Waals surface area contributed by atoms with Gasteiger partial charge in [-0.25, -0.2) is 0 Å². The first-order valence-corrected chi connectivity index (χ1v) is 9.58. The minimum atomic E-state index is -0.501. The van der Waals surface area contributed by atoms with E-state index in [1.54, 1.807) is 0 Å². The average molecular weight is 368 g/mol. The van der Waals surface area contributed by atoms with Crippen molar-refractivity contribution in [2.45, 2.75) is 52.3 Å². The molecule has 2 rings (SSSR count). The lowest BCUT2D eigenvalue weighted by Gasteiger charge is -2.33. The number of benzene rings is 2. The molecule has 0 aliphatic carbocycles. The van der Waals surface area contributed by atoms with Crippen LogP contribution in [0.5, 0.6) is 0 Å². The normalized spacial score (nSPS) is 12.2. The molecule has 0 radical (unpaired) electrons. The van der Waals surface area contributed by atoms with Gasteiger partial charge in [0.15, 0.2) is 0 Å². The van der Waals surface area contributed by atoms with Crippen molar-refractivity contribution in [2.24, 2.45) is 0 Å². The van der Waals surface area contributed by atoms with Crippen LogP contribution in [0.4, 0.5) is 0 Å². The van der Waals surface area contributed by atoms with E-state index in [9.17, 15) is 0 Å². The first-order chi connectivity index (χ1) is 12.5. The maximum atomic E-state index is 6.63. The van der Waals surface area contributed by atoms with E-state index < -0.39 is 6.47 Å². The summed E-state index contributed by atoms with van der Waals surface area (Å²) >= 11 is 6.63. The highest BCUT2D eigenvalue weighted by atomic mass is 35.5. The second kappa shape index (κ2) is 10.4. The molecule has 0 saturated heterocycles. The number of halogens is 1. The van der Waals surface area contributed by atoms with Crippen LogP contribution in [0.1, 0.15) is 51.3 Å². The van der Waals surface area contributed by atoms with Gasteiger partial charge in [-0.05, 0) is 29.8 Å². The number of hydrogen-bond donors (Lipinski definition) is 0. The zero-order chi connectivity index (χ0) is 18.9. The Labute approximate surface area is 163 Å². The molecule has 0 aromatic heterocycles. The average Bonchev–Trinajstić information content (AvgIpc) is 2.62. The fourth-order valence-electron chi connectivity index (χ4n) is 2.95. The lowest BCUT2D eigenvalue weighted by molar-refractivity contribution is 0.165. The molecule has 4 heteroatoms. The van der Waals surface area contributed by atoms with Gasteiger partial charge in [-0.3, -0.25) is 4.81 Å². The van der Waals surface area contributed by atoms with Crippen LogP contribution in [-0.4, -0.2) is 23.4 Å². The van der Waals surface area contributed by atoms with Gasteiger partial charge in [-0.15, -0.1) is 11.5 Å². The fraction of sp³-hybridized carbons (Fsp3) is 0.364. The van der Waals surface area contributed by atoms with Gasteiger partial charge < -0.3 is 4.65 Å². The molecule has 0 heterocycles. The Morgan fingerprint density at radius 1 is 0.923 bits per heavy atom. The highest BCUT2D eigenvalue weighted by Gasteiger charge is 2.31. The van der Waals surface area contributed by atoms with Crippen LogP contribution >= 0.6 is 11.5 Å². The van der Waals surface area contributed by atoms with Gasteiger partial charge in [0.25, 0.3) is 0 Å². The molecule has 2 aromatic carbocycles. The third-order valence-electron chi connectivity index (χ3n) is 4.17. The highest BCUT2D eigenvalue weighted by molar-refractivity contribution is 7.01. The van der Waals surface area contributed by atoms with E-state index in [0.717, 1.165) is 11.1 Å². The molecule has 1 unspecified atom stereocenters. The summed E-state index contributed by atoms with van der Waals surface area (Å²) in [6.45, 7) is 8.02. The molecule has 0 amide bonds. The van der Waals surface area contributed by atoms with Gasteiger partial charge in [0.05, 0.1) is 6.10 Å². The standard InChI is InChI=1S/C22H27BClNO/c1-18(2)25(19(3)4)23(24)26-22(21-15-9-6-10-16-21)17-11-14-20-12-7-5-8-13-20/h5-10,12-13,15-16,18-19,22H,17H2,1-4H3. The molecular weight excluding hydrogens is 341 g/mol. The molecule has 0 bridgehead atoms. The minimum absolute atomic E-state index is 0.171. The summed E-state index contributed by atoms with van der Waals surface area (Å²) in [7, 11) is 0. The van der Waals surface area contributed by atoms with Crippen molar-refractivity contribution in [1.29, 1.82) is 0 Å². The van der Waals surface area contributed by atoms with Crippen molar-refractivity contribution in [3.8, 4) is 11.8 Å². The summed E-state index contributed by atoms with van der Waals surface area (Å²) in [5, 5.41) is 0. The minimum Gasteiger partial charge on any atom is -0.400 e. The van der Waals surface area contributed by atoms with Crippen molar-refractivity contribution in [2.75, 3.05) is 0 Å². The van der Waals surface area contributed by atoms with Gasteiger partial charge in [-0.2, -0.15) is 0 Å². The zero-order valence-corrected chi connectivity index (χ0v) is 16.8. The Bertz CT molecular complexity index is 701. The Balaban J connectivity index is 2.15. The molecular formula is C22H27BClNO. The van der Waals surface area contributed by atoms with Gasteiger partial charge in [0.1, 0.15) is 0 Å². The summed E-state index contributed by atoms with van der Waals surface area (Å²) in [5.74, 6) is 6.46. The predicted molar refractivity (Wildman–Crippen MR) is 112 cm³/mol. The van der Waals surface area contributed by atoms with Crippen molar-refractivity contribution < 1.29 is 4.65 Å². The van der Waals surface area contributed by atoms with E-state index >= 15 is 0 Å². The smallest absolute Gasteiger partial charge is 0.400 e. The Hall–Kier alpha value is -1.73. The fourth-order valence-corrected chi connectivity index (χ4v) is 3.53. The third-order valence-corrected chi connectivity index (χ3v) is 4.50. The largest absolute Gasteiger partial charge is 0.494 e. The molecule has 0 N–H and O–H groups in total. The molecule has 0 saturated carbocycles. The summed E-state index contributed by atoms with van der Waals surface area (Å²) in [5.41, 5.74) is 2.10. The third kappa shape index (κ3) is 6.22. The predicted octanol–water partition coefficient (Wildman–Crippen LogP) is 5.53. The lowest BCUT2D eigenvalue weighted by atomic mass is 10.0. The van der Waals surface area contributed by atoms with Crippen molar-refractivity contribution in [1.82, 2.24) is 4.81 Å². The molecule has 0 spiro atoms. The van der Waals surface area contributed by atoms with Crippen LogP contribution in [-0.2, 0) is 4.65 Å². The van der Waals surface area contributed by atoms with E-state index in [-0.39, 0.29) is 6.10 Å². The van der Waals surface area contributed by atoms with Crippen molar-refractivity contribution >= 4 is 17.9 Å². The number of hydrogen-bond acceptors (Lipinski definition) is 2. The van der Waals surface area contributed by atoms with Gasteiger partial charge in [-0.1, -0.05) is 88.1 Å². The van der Waals surface area contributed by atoms with E-state index in [1.807, 2.05) is 48.5 Å². The Morgan fingerprint density at radius 2 is 1.46 bits per heavy atom. The summed E-state index contributed by atoms with van der Waals surface area (Å²) in [6.07, 6.45) is 0.418. The van der Waals surface area contributed by atoms with Crippen LogP contribution in [0, 0.1) is 11.8 Å². The Morgan fingerprint density at radius 3 is 2.00 bits per heavy atom. The SMILES string of the molecule is CC(C)N(B(Cl)OC(CC#Cc1ccccc1)c1ccccc1)C(C)C. The molecule has 0 aliphatic rings. The second-order valence-electron chi connectivity index (χ2n) is 6.83. The van der Waals surface area contributed by atoms with Crippen LogP contribution in [0.2, 0.25) is 0 Å². The van der Waals surface area contributed by atoms with Gasteiger partial charge in [0, 0.05) is 12.0 Å². The quantitative estimate of drug-likeness (QED) is 0.471. The monoisotopic (exact) mass is 367 g/mol. The topological polar surface area (TPSA) is 12.5 Å². The van der Waals surface area contributed by atoms with Crippen molar-refractivity contribution in [3.63, 3.8) is 0 Å². The first-order valence-electron chi connectivity index (χ1n) is 9.15. The number of rotatable bonds is 7. The summed E-state index contributed by atoms with van der Waals surface area (Å²) in [4.78, 5) is 2.15. The van der Waals surface area contributed by atoms with Crippen LogP contribution in [0.25, 0.3) is 0 Å². The molecule has 26 heavy (non-hydrogen) atoms. The molecule has 136 valence electrons. The zero-order valence-electron chi connectivity index (χ0n) is 16.0. The van der Waals surface area contributed by atoms with E-state index in [2.05, 4.69) is 56.5 Å². The first kappa shape index (κ1) is 20.6. The van der Waals surface area contributed by atoms with Crippen LogP contribution < -0.4 is 0 Å².